The predicted octanol–water partition coefficient (Wildman–Crippen LogP) is 0.358. The third-order valence-electron chi connectivity index (χ3n) is 5.14. The number of hydrogen-bond acceptors (Lipinski definition) is 6. The number of nitrogens with zero attached hydrogens (tertiary/aromatic N) is 4. The van der Waals surface area contributed by atoms with E-state index in [9.17, 15) is 19.6 Å². The molecule has 2 amide bonds. The molecule has 0 atom stereocenters. The maximum Gasteiger partial charge on any atom is 0.267 e. The summed E-state index contributed by atoms with van der Waals surface area (Å²) in [5.41, 5.74) is 6.33. The van der Waals surface area contributed by atoms with Crippen LogP contribution in [0.25, 0.3) is 11.7 Å². The van der Waals surface area contributed by atoms with E-state index in [0.29, 0.717) is 37.4 Å². The minimum absolute atomic E-state index is 0.158. The summed E-state index contributed by atoms with van der Waals surface area (Å²) in [6.45, 7) is 2.83. The van der Waals surface area contributed by atoms with Crippen LogP contribution in [-0.4, -0.2) is 41.3 Å². The summed E-state index contributed by atoms with van der Waals surface area (Å²) in [6, 6.07) is 5.42. The number of aromatic nitrogens is 2. The standard InChI is InChI=1S/C20H22N6O3/c1-12-4-3-7-26-17(12)24-18(25-8-5-13(6-9-25)16(22)27)15(20(26)29)10-14(11-21)19(28)23-2/h3-4,7,10,13H,5-6,8-9H2,1-2H3,(H2,22,27)(H,23,28)/b14-10+. The average molecular weight is 394 g/mol. The number of fused-ring (bicyclic) bond motifs is 1. The fourth-order valence-electron chi connectivity index (χ4n) is 3.47. The van der Waals surface area contributed by atoms with Gasteiger partial charge in [-0.3, -0.25) is 18.8 Å². The molecule has 3 rings (SSSR count). The number of anilines is 1. The average Bonchev–Trinajstić information content (AvgIpc) is 2.73. The molecule has 2 aromatic rings. The van der Waals surface area contributed by atoms with Crippen LogP contribution >= 0.6 is 0 Å². The van der Waals surface area contributed by atoms with E-state index in [1.807, 2.05) is 24.0 Å². The monoisotopic (exact) mass is 394 g/mol. The smallest absolute Gasteiger partial charge is 0.267 e. The van der Waals surface area contributed by atoms with Crippen molar-refractivity contribution >= 4 is 29.4 Å². The van der Waals surface area contributed by atoms with Crippen molar-refractivity contribution in [2.75, 3.05) is 25.0 Å². The maximum absolute atomic E-state index is 13.2. The summed E-state index contributed by atoms with van der Waals surface area (Å²) in [5.74, 6) is -0.740. The number of rotatable bonds is 4. The largest absolute Gasteiger partial charge is 0.369 e. The van der Waals surface area contributed by atoms with E-state index in [1.54, 1.807) is 12.3 Å². The lowest BCUT2D eigenvalue weighted by atomic mass is 9.96. The number of carbonyl (C=O) groups excluding carboxylic acids is 2. The Morgan fingerprint density at radius 2 is 2.07 bits per heavy atom. The molecule has 1 aliphatic rings. The first-order valence-electron chi connectivity index (χ1n) is 9.27. The Kier molecular flexibility index (Phi) is 5.64. The number of nitriles is 1. The lowest BCUT2D eigenvalue weighted by molar-refractivity contribution is -0.122. The molecule has 2 aromatic heterocycles. The maximum atomic E-state index is 13.2. The van der Waals surface area contributed by atoms with E-state index in [2.05, 4.69) is 10.3 Å². The van der Waals surface area contributed by atoms with Gasteiger partial charge < -0.3 is 16.0 Å². The minimum atomic E-state index is -0.584. The van der Waals surface area contributed by atoms with Crippen LogP contribution in [0.3, 0.4) is 0 Å². The second kappa shape index (κ2) is 8.14. The van der Waals surface area contributed by atoms with E-state index in [-0.39, 0.29) is 28.5 Å². The molecule has 1 aliphatic heterocycles. The third-order valence-corrected chi connectivity index (χ3v) is 5.14. The fourth-order valence-corrected chi connectivity index (χ4v) is 3.47. The zero-order valence-electron chi connectivity index (χ0n) is 16.3. The molecule has 9 heteroatoms. The molecule has 0 saturated carbocycles. The highest BCUT2D eigenvalue weighted by atomic mass is 16.2. The first-order chi connectivity index (χ1) is 13.9. The molecule has 0 radical (unpaired) electrons. The van der Waals surface area contributed by atoms with Crippen molar-refractivity contribution in [2.24, 2.45) is 11.7 Å². The molecule has 29 heavy (non-hydrogen) atoms. The molecule has 150 valence electrons. The van der Waals surface area contributed by atoms with Gasteiger partial charge in [0.1, 0.15) is 23.1 Å². The van der Waals surface area contributed by atoms with Crippen LogP contribution in [0.5, 0.6) is 0 Å². The van der Waals surface area contributed by atoms with E-state index in [4.69, 9.17) is 5.73 Å². The molecule has 3 heterocycles. The van der Waals surface area contributed by atoms with Gasteiger partial charge in [-0.2, -0.15) is 5.26 Å². The highest BCUT2D eigenvalue weighted by Gasteiger charge is 2.27. The lowest BCUT2D eigenvalue weighted by Gasteiger charge is -2.32. The number of nitrogens with two attached hydrogens (primary N) is 1. The molecular weight excluding hydrogens is 372 g/mol. The molecule has 3 N–H and O–H groups in total. The Labute approximate surface area is 167 Å². The van der Waals surface area contributed by atoms with Gasteiger partial charge in [-0.1, -0.05) is 6.07 Å². The molecule has 1 saturated heterocycles. The number of hydrogen-bond donors (Lipinski definition) is 2. The first kappa shape index (κ1) is 20.1. The fraction of sp³-hybridized carbons (Fsp3) is 0.350. The van der Waals surface area contributed by atoms with Crippen molar-refractivity contribution < 1.29 is 9.59 Å². The number of pyridine rings is 1. The SMILES string of the molecule is CNC(=O)/C(C#N)=C/c1c(N2CCC(C(N)=O)CC2)nc2c(C)cccn2c1=O. The number of primary amides is 1. The van der Waals surface area contributed by atoms with Crippen LogP contribution < -0.4 is 21.5 Å². The van der Waals surface area contributed by atoms with Crippen molar-refractivity contribution in [3.63, 3.8) is 0 Å². The van der Waals surface area contributed by atoms with Gasteiger partial charge in [0.2, 0.25) is 5.91 Å². The van der Waals surface area contributed by atoms with Crippen LogP contribution in [0.2, 0.25) is 0 Å². The third kappa shape index (κ3) is 3.82. The van der Waals surface area contributed by atoms with E-state index in [1.165, 1.54) is 17.5 Å². The zero-order chi connectivity index (χ0) is 21.1. The van der Waals surface area contributed by atoms with Gasteiger partial charge in [-0.05, 0) is 37.5 Å². The Morgan fingerprint density at radius 1 is 1.38 bits per heavy atom. The lowest BCUT2D eigenvalue weighted by Crippen LogP contribution is -2.40. The quantitative estimate of drug-likeness (QED) is 0.568. The Morgan fingerprint density at radius 3 is 2.66 bits per heavy atom. The Balaban J connectivity index is 2.19. The molecule has 0 aliphatic carbocycles. The first-order valence-corrected chi connectivity index (χ1v) is 9.27. The molecule has 0 spiro atoms. The van der Waals surface area contributed by atoms with E-state index >= 15 is 0 Å². The number of carbonyl (C=O) groups is 2. The van der Waals surface area contributed by atoms with Crippen LogP contribution in [0.1, 0.15) is 24.0 Å². The normalized spacial score (nSPS) is 15.2. The van der Waals surface area contributed by atoms with Crippen LogP contribution in [0.15, 0.2) is 28.7 Å². The van der Waals surface area contributed by atoms with Crippen molar-refractivity contribution in [3.8, 4) is 6.07 Å². The molecule has 9 nitrogen and oxygen atoms in total. The summed E-state index contributed by atoms with van der Waals surface area (Å²) in [6.07, 6.45) is 3.98. The summed E-state index contributed by atoms with van der Waals surface area (Å²) >= 11 is 0. The second-order valence-corrected chi connectivity index (χ2v) is 6.95. The Bertz CT molecular complexity index is 1100. The molecule has 1 fully saturated rings. The van der Waals surface area contributed by atoms with Gasteiger partial charge in [-0.25, -0.2) is 4.98 Å². The number of aryl methyl sites for hydroxylation is 1. The van der Waals surface area contributed by atoms with Crippen LogP contribution in [-0.2, 0) is 9.59 Å². The van der Waals surface area contributed by atoms with Crippen LogP contribution in [0.4, 0.5) is 5.82 Å². The highest BCUT2D eigenvalue weighted by Crippen LogP contribution is 2.26. The van der Waals surface area contributed by atoms with E-state index < -0.39 is 5.91 Å². The number of likely N-dealkylation sites (N-methyl/N-ethyl adjacent to an activating group) is 1. The number of piperidine rings is 1. The van der Waals surface area contributed by atoms with Gasteiger partial charge in [0.15, 0.2) is 0 Å². The highest BCUT2D eigenvalue weighted by molar-refractivity contribution is 6.02. The number of nitrogens with one attached hydrogen (secondary N) is 1. The summed E-state index contributed by atoms with van der Waals surface area (Å²) in [7, 11) is 1.41. The topological polar surface area (TPSA) is 134 Å². The second-order valence-electron chi connectivity index (χ2n) is 6.95. The predicted molar refractivity (Wildman–Crippen MR) is 108 cm³/mol. The molecular formula is C20H22N6O3. The van der Waals surface area contributed by atoms with Gasteiger partial charge >= 0.3 is 0 Å². The van der Waals surface area contributed by atoms with Gasteiger partial charge in [0.05, 0.1) is 5.56 Å². The van der Waals surface area contributed by atoms with Gasteiger partial charge in [-0.15, -0.1) is 0 Å². The molecule has 0 unspecified atom stereocenters. The summed E-state index contributed by atoms with van der Waals surface area (Å²) in [4.78, 5) is 43.3. The number of amides is 2. The van der Waals surface area contributed by atoms with Crippen molar-refractivity contribution in [3.05, 3.63) is 45.4 Å². The van der Waals surface area contributed by atoms with E-state index in [0.717, 1.165) is 5.56 Å². The Hall–Kier alpha value is -3.67. The van der Waals surface area contributed by atoms with Crippen molar-refractivity contribution in [1.82, 2.24) is 14.7 Å². The van der Waals surface area contributed by atoms with Crippen LogP contribution in [0, 0.1) is 24.2 Å². The minimum Gasteiger partial charge on any atom is -0.369 e. The molecule has 0 aromatic carbocycles. The van der Waals surface area contributed by atoms with Crippen molar-refractivity contribution in [2.45, 2.75) is 19.8 Å². The molecule has 0 bridgehead atoms. The summed E-state index contributed by atoms with van der Waals surface area (Å²) < 4.78 is 1.40. The van der Waals surface area contributed by atoms with Gasteiger partial charge in [0, 0.05) is 32.3 Å². The zero-order valence-corrected chi connectivity index (χ0v) is 16.3. The van der Waals surface area contributed by atoms with Gasteiger partial charge in [0.25, 0.3) is 11.5 Å². The summed E-state index contributed by atoms with van der Waals surface area (Å²) in [5, 5.41) is 11.8. The van der Waals surface area contributed by atoms with Crippen molar-refractivity contribution in [1.29, 1.82) is 5.26 Å².